The molecule has 1 saturated carbocycles. The van der Waals surface area contributed by atoms with Crippen LogP contribution < -0.4 is 0 Å². The molecule has 3 aromatic heterocycles. The van der Waals surface area contributed by atoms with Gasteiger partial charge in [0, 0.05) is 24.5 Å². The zero-order valence-electron chi connectivity index (χ0n) is 16.1. The van der Waals surface area contributed by atoms with Crippen LogP contribution in [0, 0.1) is 0 Å². The predicted octanol–water partition coefficient (Wildman–Crippen LogP) is 1.63. The second-order valence-electron chi connectivity index (χ2n) is 7.50. The smallest absolute Gasteiger partial charge is 0.358 e. The molecule has 0 spiro atoms. The summed E-state index contributed by atoms with van der Waals surface area (Å²) >= 11 is 0. The van der Waals surface area contributed by atoms with Gasteiger partial charge >= 0.3 is 5.97 Å². The summed E-state index contributed by atoms with van der Waals surface area (Å²) in [6.07, 6.45) is 7.96. The van der Waals surface area contributed by atoms with E-state index in [2.05, 4.69) is 27.5 Å². The molecule has 1 aliphatic rings. The van der Waals surface area contributed by atoms with Gasteiger partial charge in [0.15, 0.2) is 5.69 Å². The Labute approximate surface area is 162 Å². The first kappa shape index (κ1) is 18.6. The average Bonchev–Trinajstić information content (AvgIpc) is 3.25. The molecule has 3 heterocycles. The molecule has 4 rings (SSSR count). The largest absolute Gasteiger partial charge is 0.476 e. The van der Waals surface area contributed by atoms with Crippen LogP contribution in [0.3, 0.4) is 0 Å². The van der Waals surface area contributed by atoms with Crippen molar-refractivity contribution in [3.05, 3.63) is 47.2 Å². The fraction of sp³-hybridized carbons (Fsp3) is 0.474. The molecule has 148 valence electrons. The van der Waals surface area contributed by atoms with Crippen LogP contribution in [0.25, 0.3) is 5.65 Å². The Hall–Kier alpha value is -2.78. The van der Waals surface area contributed by atoms with Crippen molar-refractivity contribution in [2.45, 2.75) is 31.9 Å². The predicted molar refractivity (Wildman–Crippen MR) is 101 cm³/mol. The van der Waals surface area contributed by atoms with Crippen LogP contribution in [-0.2, 0) is 17.9 Å². The molecular formula is C19H24N6O3. The molecule has 0 amide bonds. The van der Waals surface area contributed by atoms with Gasteiger partial charge in [-0.15, -0.1) is 5.10 Å². The zero-order valence-corrected chi connectivity index (χ0v) is 16.1. The van der Waals surface area contributed by atoms with Crippen LogP contribution in [-0.4, -0.2) is 67.6 Å². The van der Waals surface area contributed by atoms with Crippen LogP contribution in [0.2, 0.25) is 0 Å². The van der Waals surface area contributed by atoms with Crippen LogP contribution in [0.1, 0.15) is 46.1 Å². The fourth-order valence-corrected chi connectivity index (χ4v) is 3.14. The number of aromatic carboxylic acids is 1. The summed E-state index contributed by atoms with van der Waals surface area (Å²) in [5, 5.41) is 16.5. The number of pyridine rings is 1. The van der Waals surface area contributed by atoms with E-state index in [1.165, 1.54) is 29.3 Å². The summed E-state index contributed by atoms with van der Waals surface area (Å²) in [5.74, 6) is -0.461. The molecule has 0 unspecified atom stereocenters. The topological polar surface area (TPSA) is 97.8 Å². The number of carbonyl (C=O) groups is 1. The van der Waals surface area contributed by atoms with E-state index in [9.17, 15) is 4.79 Å². The van der Waals surface area contributed by atoms with E-state index >= 15 is 0 Å². The summed E-state index contributed by atoms with van der Waals surface area (Å²) < 4.78 is 9.39. The molecule has 0 aliphatic heterocycles. The van der Waals surface area contributed by atoms with Crippen molar-refractivity contribution in [2.75, 3.05) is 27.2 Å². The highest BCUT2D eigenvalue weighted by atomic mass is 16.5. The van der Waals surface area contributed by atoms with Crippen LogP contribution in [0.5, 0.6) is 0 Å². The molecule has 1 fully saturated rings. The molecule has 9 nitrogen and oxygen atoms in total. The van der Waals surface area contributed by atoms with Crippen LogP contribution in [0.4, 0.5) is 0 Å². The normalized spacial score (nSPS) is 14.2. The van der Waals surface area contributed by atoms with E-state index in [0.29, 0.717) is 25.7 Å². The van der Waals surface area contributed by atoms with E-state index in [1.807, 2.05) is 24.7 Å². The van der Waals surface area contributed by atoms with Crippen molar-refractivity contribution >= 4 is 11.6 Å². The Bertz CT molecular complexity index is 989. The van der Waals surface area contributed by atoms with Crippen molar-refractivity contribution in [3.63, 3.8) is 0 Å². The van der Waals surface area contributed by atoms with Crippen molar-refractivity contribution < 1.29 is 14.6 Å². The maximum Gasteiger partial charge on any atom is 0.358 e. The molecule has 1 aliphatic carbocycles. The highest BCUT2D eigenvalue weighted by Crippen LogP contribution is 2.40. The number of imidazole rings is 1. The van der Waals surface area contributed by atoms with E-state index < -0.39 is 5.97 Å². The lowest BCUT2D eigenvalue weighted by Crippen LogP contribution is -2.18. The Balaban J connectivity index is 1.57. The first-order chi connectivity index (χ1) is 13.5. The summed E-state index contributed by atoms with van der Waals surface area (Å²) in [6.45, 7) is 2.41. The SMILES string of the molecule is CN(C)CCOCc1cc(C2CC2)cn2cc(Cn3cc(C(=O)O)nn3)nc12. The summed E-state index contributed by atoms with van der Waals surface area (Å²) in [7, 11) is 4.05. The summed E-state index contributed by atoms with van der Waals surface area (Å²) in [4.78, 5) is 17.8. The van der Waals surface area contributed by atoms with Gasteiger partial charge in [0.1, 0.15) is 5.65 Å². The second-order valence-corrected chi connectivity index (χ2v) is 7.50. The highest BCUT2D eigenvalue weighted by molar-refractivity contribution is 5.84. The van der Waals surface area contributed by atoms with Crippen LogP contribution in [0.15, 0.2) is 24.7 Å². The van der Waals surface area contributed by atoms with E-state index in [1.54, 1.807) is 0 Å². The first-order valence-electron chi connectivity index (χ1n) is 9.36. The number of carboxylic acids is 1. The number of ether oxygens (including phenoxy) is 1. The van der Waals surface area contributed by atoms with Gasteiger partial charge in [-0.3, -0.25) is 0 Å². The Morgan fingerprint density at radius 3 is 2.82 bits per heavy atom. The number of aromatic nitrogens is 5. The van der Waals surface area contributed by atoms with Gasteiger partial charge in [-0.25, -0.2) is 14.5 Å². The number of nitrogens with zero attached hydrogens (tertiary/aromatic N) is 6. The molecule has 28 heavy (non-hydrogen) atoms. The molecule has 0 atom stereocenters. The third-order valence-corrected chi connectivity index (χ3v) is 4.77. The molecule has 0 radical (unpaired) electrons. The quantitative estimate of drug-likeness (QED) is 0.560. The molecule has 0 bridgehead atoms. The first-order valence-corrected chi connectivity index (χ1v) is 9.36. The van der Waals surface area contributed by atoms with E-state index in [-0.39, 0.29) is 5.69 Å². The molecule has 1 N–H and O–H groups in total. The minimum Gasteiger partial charge on any atom is -0.476 e. The van der Waals surface area contributed by atoms with Gasteiger partial charge in [-0.1, -0.05) is 5.21 Å². The Morgan fingerprint density at radius 2 is 2.14 bits per heavy atom. The number of fused-ring (bicyclic) bond motifs is 1. The Kier molecular flexibility index (Phi) is 5.10. The van der Waals surface area contributed by atoms with Gasteiger partial charge in [0.2, 0.25) is 0 Å². The Morgan fingerprint density at radius 1 is 1.32 bits per heavy atom. The lowest BCUT2D eigenvalue weighted by Gasteiger charge is -2.11. The van der Waals surface area contributed by atoms with Gasteiger partial charge in [0.25, 0.3) is 0 Å². The highest BCUT2D eigenvalue weighted by Gasteiger charge is 2.25. The number of carboxylic acid groups (broad SMARTS) is 1. The van der Waals surface area contributed by atoms with Crippen LogP contribution >= 0.6 is 0 Å². The monoisotopic (exact) mass is 384 g/mol. The minimum absolute atomic E-state index is 0.0743. The lowest BCUT2D eigenvalue weighted by atomic mass is 10.1. The molecule has 0 saturated heterocycles. The van der Waals surface area contributed by atoms with E-state index in [0.717, 1.165) is 23.4 Å². The standard InChI is InChI=1S/C19H24N6O3/c1-23(2)5-6-28-12-15-7-14(13-3-4-13)8-24-9-16(20-18(15)24)10-25-11-17(19(26)27)21-22-25/h7-9,11,13H,3-6,10,12H2,1-2H3,(H,26,27). The van der Waals surface area contributed by atoms with Crippen molar-refractivity contribution in [2.24, 2.45) is 0 Å². The third kappa shape index (κ3) is 4.20. The van der Waals surface area contributed by atoms with Gasteiger partial charge < -0.3 is 19.1 Å². The maximum absolute atomic E-state index is 11.0. The van der Waals surface area contributed by atoms with Crippen molar-refractivity contribution in [1.29, 1.82) is 0 Å². The molecule has 3 aromatic rings. The minimum atomic E-state index is -1.09. The summed E-state index contributed by atoms with van der Waals surface area (Å²) in [5.41, 5.74) is 3.97. The number of hydrogen-bond donors (Lipinski definition) is 1. The van der Waals surface area contributed by atoms with Crippen molar-refractivity contribution in [1.82, 2.24) is 29.3 Å². The molecule has 9 heteroatoms. The third-order valence-electron chi connectivity index (χ3n) is 4.77. The van der Waals surface area contributed by atoms with Gasteiger partial charge in [-0.05, 0) is 44.5 Å². The maximum atomic E-state index is 11.0. The second kappa shape index (κ2) is 7.69. The van der Waals surface area contributed by atoms with Gasteiger partial charge in [0.05, 0.1) is 31.6 Å². The number of hydrogen-bond acceptors (Lipinski definition) is 6. The molecule has 0 aromatic carbocycles. The lowest BCUT2D eigenvalue weighted by molar-refractivity contribution is 0.0690. The molecular weight excluding hydrogens is 360 g/mol. The number of rotatable bonds is 9. The summed E-state index contributed by atoms with van der Waals surface area (Å²) in [6, 6.07) is 2.21. The average molecular weight is 384 g/mol. The zero-order chi connectivity index (χ0) is 19.7. The number of likely N-dealkylation sites (N-methyl/N-ethyl adjacent to an activating group) is 1. The van der Waals surface area contributed by atoms with E-state index in [4.69, 9.17) is 14.8 Å². The van der Waals surface area contributed by atoms with Crippen molar-refractivity contribution in [3.8, 4) is 0 Å². The fourth-order valence-electron chi connectivity index (χ4n) is 3.14. The van der Waals surface area contributed by atoms with Gasteiger partial charge in [-0.2, -0.15) is 0 Å².